The highest BCUT2D eigenvalue weighted by Crippen LogP contribution is 2.33. The first-order valence-electron chi connectivity index (χ1n) is 7.12. The summed E-state index contributed by atoms with van der Waals surface area (Å²) >= 11 is 0. The summed E-state index contributed by atoms with van der Waals surface area (Å²) in [6.07, 6.45) is 4.45. The quantitative estimate of drug-likeness (QED) is 0.910. The summed E-state index contributed by atoms with van der Waals surface area (Å²) in [6, 6.07) is 1.91. The monoisotopic (exact) mass is 263 g/mol. The molecule has 1 saturated heterocycles. The third-order valence-electron chi connectivity index (χ3n) is 3.62. The molecule has 2 unspecified atom stereocenters. The maximum atomic E-state index is 5.99. The number of aromatic nitrogens is 2. The minimum absolute atomic E-state index is 0.181. The zero-order chi connectivity index (χ0) is 13.9. The van der Waals surface area contributed by atoms with Gasteiger partial charge in [0.05, 0.1) is 6.10 Å². The molecule has 1 aliphatic rings. The van der Waals surface area contributed by atoms with Crippen LogP contribution in [0.1, 0.15) is 39.3 Å². The molecule has 0 aromatic carbocycles. The summed E-state index contributed by atoms with van der Waals surface area (Å²) in [5.74, 6) is 1.25. The van der Waals surface area contributed by atoms with Gasteiger partial charge < -0.3 is 10.1 Å². The Labute approximate surface area is 116 Å². The second kappa shape index (κ2) is 5.87. The Hall–Kier alpha value is -1.16. The van der Waals surface area contributed by atoms with E-state index in [9.17, 15) is 0 Å². The highest BCUT2D eigenvalue weighted by Gasteiger charge is 2.35. The van der Waals surface area contributed by atoms with E-state index in [0.717, 1.165) is 31.2 Å². The molecule has 1 aromatic rings. The maximum Gasteiger partial charge on any atom is 0.222 e. The van der Waals surface area contributed by atoms with Crippen molar-refractivity contribution in [2.45, 2.75) is 46.6 Å². The number of nitrogens with one attached hydrogen (secondary N) is 1. The molecule has 1 fully saturated rings. The molecule has 4 heteroatoms. The van der Waals surface area contributed by atoms with Gasteiger partial charge in [0.25, 0.3) is 0 Å². The van der Waals surface area contributed by atoms with Crippen molar-refractivity contribution in [3.05, 3.63) is 18.0 Å². The second-order valence-corrected chi connectivity index (χ2v) is 6.46. The SMILES string of the molecule is Cc1ccnc(NCC2CCCOC2C(C)(C)C)n1. The van der Waals surface area contributed by atoms with Crippen molar-refractivity contribution < 1.29 is 4.74 Å². The Morgan fingerprint density at radius 2 is 2.21 bits per heavy atom. The molecule has 1 aliphatic heterocycles. The smallest absolute Gasteiger partial charge is 0.222 e. The van der Waals surface area contributed by atoms with Crippen molar-refractivity contribution in [3.63, 3.8) is 0 Å². The Morgan fingerprint density at radius 1 is 1.42 bits per heavy atom. The molecule has 0 saturated carbocycles. The molecule has 0 aliphatic carbocycles. The summed E-state index contributed by atoms with van der Waals surface area (Å²) in [5.41, 5.74) is 1.17. The predicted molar refractivity (Wildman–Crippen MR) is 77.2 cm³/mol. The summed E-state index contributed by atoms with van der Waals surface area (Å²) in [6.45, 7) is 10.5. The number of anilines is 1. The lowest BCUT2D eigenvalue weighted by molar-refractivity contribution is -0.0814. The van der Waals surface area contributed by atoms with Gasteiger partial charge in [-0.1, -0.05) is 20.8 Å². The fourth-order valence-corrected chi connectivity index (χ4v) is 2.77. The molecule has 0 bridgehead atoms. The van der Waals surface area contributed by atoms with Gasteiger partial charge in [-0.25, -0.2) is 9.97 Å². The molecule has 0 spiro atoms. The first-order chi connectivity index (χ1) is 8.97. The fourth-order valence-electron chi connectivity index (χ4n) is 2.77. The van der Waals surface area contributed by atoms with Crippen LogP contribution in [0.5, 0.6) is 0 Å². The van der Waals surface area contributed by atoms with Gasteiger partial charge >= 0.3 is 0 Å². The van der Waals surface area contributed by atoms with Crippen LogP contribution in [0.25, 0.3) is 0 Å². The Kier molecular flexibility index (Phi) is 4.40. The third-order valence-corrected chi connectivity index (χ3v) is 3.62. The lowest BCUT2D eigenvalue weighted by atomic mass is 9.78. The van der Waals surface area contributed by atoms with E-state index in [1.165, 1.54) is 6.42 Å². The van der Waals surface area contributed by atoms with E-state index in [4.69, 9.17) is 4.74 Å². The van der Waals surface area contributed by atoms with Gasteiger partial charge in [-0.05, 0) is 31.2 Å². The van der Waals surface area contributed by atoms with E-state index in [0.29, 0.717) is 12.0 Å². The van der Waals surface area contributed by atoms with Gasteiger partial charge in [-0.15, -0.1) is 0 Å². The molecule has 106 valence electrons. The average Bonchev–Trinajstić information content (AvgIpc) is 2.36. The number of rotatable bonds is 3. The molecule has 1 aromatic heterocycles. The average molecular weight is 263 g/mol. The van der Waals surface area contributed by atoms with Crippen LogP contribution in [-0.4, -0.2) is 29.2 Å². The normalized spacial score (nSPS) is 24.2. The zero-order valence-corrected chi connectivity index (χ0v) is 12.4. The number of ether oxygens (including phenoxy) is 1. The van der Waals surface area contributed by atoms with E-state index >= 15 is 0 Å². The van der Waals surface area contributed by atoms with Gasteiger partial charge in [0, 0.05) is 31.0 Å². The Bertz CT molecular complexity index is 414. The van der Waals surface area contributed by atoms with Gasteiger partial charge in [-0.3, -0.25) is 0 Å². The van der Waals surface area contributed by atoms with E-state index in [2.05, 4.69) is 36.1 Å². The lowest BCUT2D eigenvalue weighted by Gasteiger charge is -2.40. The van der Waals surface area contributed by atoms with Crippen molar-refractivity contribution in [1.29, 1.82) is 0 Å². The zero-order valence-electron chi connectivity index (χ0n) is 12.4. The van der Waals surface area contributed by atoms with E-state index in [1.807, 2.05) is 13.0 Å². The van der Waals surface area contributed by atoms with Crippen molar-refractivity contribution >= 4 is 5.95 Å². The Balaban J connectivity index is 1.97. The van der Waals surface area contributed by atoms with Crippen LogP contribution in [-0.2, 0) is 4.74 Å². The molecular weight excluding hydrogens is 238 g/mol. The van der Waals surface area contributed by atoms with Crippen LogP contribution in [0.2, 0.25) is 0 Å². The molecule has 4 nitrogen and oxygen atoms in total. The largest absolute Gasteiger partial charge is 0.377 e. The highest BCUT2D eigenvalue weighted by atomic mass is 16.5. The first kappa shape index (κ1) is 14.3. The first-order valence-corrected chi connectivity index (χ1v) is 7.12. The molecule has 0 amide bonds. The molecular formula is C15H25N3O. The standard InChI is InChI=1S/C15H25N3O/c1-11-7-8-16-14(18-11)17-10-12-6-5-9-19-13(12)15(2,3)4/h7-8,12-13H,5-6,9-10H2,1-4H3,(H,16,17,18). The number of aryl methyl sites for hydroxylation is 1. The fraction of sp³-hybridized carbons (Fsp3) is 0.733. The summed E-state index contributed by atoms with van der Waals surface area (Å²) in [4.78, 5) is 8.63. The van der Waals surface area contributed by atoms with E-state index < -0.39 is 0 Å². The summed E-state index contributed by atoms with van der Waals surface area (Å²) in [5, 5.41) is 3.36. The van der Waals surface area contributed by atoms with Crippen molar-refractivity contribution in [1.82, 2.24) is 9.97 Å². The number of hydrogen-bond acceptors (Lipinski definition) is 4. The van der Waals surface area contributed by atoms with Crippen LogP contribution in [0.15, 0.2) is 12.3 Å². The molecule has 2 heterocycles. The highest BCUT2D eigenvalue weighted by molar-refractivity contribution is 5.24. The summed E-state index contributed by atoms with van der Waals surface area (Å²) < 4.78 is 5.99. The van der Waals surface area contributed by atoms with Gasteiger partial charge in [0.1, 0.15) is 0 Å². The molecule has 1 N–H and O–H groups in total. The van der Waals surface area contributed by atoms with Crippen molar-refractivity contribution in [3.8, 4) is 0 Å². The molecule has 2 rings (SSSR count). The Morgan fingerprint density at radius 3 is 2.89 bits per heavy atom. The second-order valence-electron chi connectivity index (χ2n) is 6.46. The van der Waals surface area contributed by atoms with Crippen LogP contribution in [0, 0.1) is 18.3 Å². The molecule has 0 radical (unpaired) electrons. The van der Waals surface area contributed by atoms with Gasteiger partial charge in [-0.2, -0.15) is 0 Å². The van der Waals surface area contributed by atoms with Crippen molar-refractivity contribution in [2.24, 2.45) is 11.3 Å². The molecule has 19 heavy (non-hydrogen) atoms. The molecule has 2 atom stereocenters. The van der Waals surface area contributed by atoms with Crippen molar-refractivity contribution in [2.75, 3.05) is 18.5 Å². The van der Waals surface area contributed by atoms with E-state index in [-0.39, 0.29) is 5.41 Å². The lowest BCUT2D eigenvalue weighted by Crippen LogP contribution is -2.42. The number of hydrogen-bond donors (Lipinski definition) is 1. The summed E-state index contributed by atoms with van der Waals surface area (Å²) in [7, 11) is 0. The third kappa shape index (κ3) is 3.90. The van der Waals surface area contributed by atoms with Crippen LogP contribution < -0.4 is 5.32 Å². The van der Waals surface area contributed by atoms with Gasteiger partial charge in [0.2, 0.25) is 5.95 Å². The number of nitrogens with zero attached hydrogens (tertiary/aromatic N) is 2. The predicted octanol–water partition coefficient (Wildman–Crippen LogP) is 3.04. The van der Waals surface area contributed by atoms with Gasteiger partial charge in [0.15, 0.2) is 0 Å². The minimum atomic E-state index is 0.181. The topological polar surface area (TPSA) is 47.0 Å². The van der Waals surface area contributed by atoms with Crippen LogP contribution >= 0.6 is 0 Å². The van der Waals surface area contributed by atoms with Crippen LogP contribution in [0.3, 0.4) is 0 Å². The maximum absolute atomic E-state index is 5.99. The van der Waals surface area contributed by atoms with Crippen LogP contribution in [0.4, 0.5) is 5.95 Å². The minimum Gasteiger partial charge on any atom is -0.377 e. The van der Waals surface area contributed by atoms with E-state index in [1.54, 1.807) is 6.20 Å².